The third-order valence-corrected chi connectivity index (χ3v) is 4.53. The second kappa shape index (κ2) is 8.07. The Balaban J connectivity index is 1.58. The molecule has 0 bridgehead atoms. The Kier molecular flexibility index (Phi) is 5.60. The van der Waals surface area contributed by atoms with Crippen molar-refractivity contribution >= 4 is 11.7 Å². The van der Waals surface area contributed by atoms with Gasteiger partial charge in [0.15, 0.2) is 0 Å². The Morgan fingerprint density at radius 1 is 1.36 bits per heavy atom. The molecular formula is C19H25N5O. The molecule has 6 nitrogen and oxygen atoms in total. The number of nitrogens with two attached hydrogens (primary N) is 1. The van der Waals surface area contributed by atoms with Crippen LogP contribution in [0.1, 0.15) is 29.7 Å². The summed E-state index contributed by atoms with van der Waals surface area (Å²) in [4.78, 5) is 22.3. The van der Waals surface area contributed by atoms with Crippen LogP contribution in [0.4, 0.5) is 5.82 Å². The average molecular weight is 339 g/mol. The van der Waals surface area contributed by atoms with Gasteiger partial charge in [-0.05, 0) is 37.4 Å². The fourth-order valence-electron chi connectivity index (χ4n) is 3.27. The number of hydrogen-bond acceptors (Lipinski definition) is 5. The fraction of sp³-hybridized carbons (Fsp3) is 0.421. The number of aromatic nitrogens is 2. The first-order valence-corrected chi connectivity index (χ1v) is 8.72. The zero-order chi connectivity index (χ0) is 17.6. The lowest BCUT2D eigenvalue weighted by atomic mass is 9.97. The van der Waals surface area contributed by atoms with Crippen molar-refractivity contribution in [2.45, 2.75) is 32.9 Å². The van der Waals surface area contributed by atoms with E-state index in [1.165, 1.54) is 11.1 Å². The monoisotopic (exact) mass is 339 g/mol. The lowest BCUT2D eigenvalue weighted by Gasteiger charge is -2.31. The Bertz CT molecular complexity index is 733. The third kappa shape index (κ3) is 5.00. The van der Waals surface area contributed by atoms with Crippen LogP contribution in [0.5, 0.6) is 0 Å². The van der Waals surface area contributed by atoms with E-state index in [4.69, 9.17) is 5.73 Å². The molecule has 3 rings (SSSR count). The number of nitrogens with zero attached hydrogens (tertiary/aromatic N) is 3. The Morgan fingerprint density at radius 2 is 2.20 bits per heavy atom. The molecule has 0 spiro atoms. The topological polar surface area (TPSA) is 84.1 Å². The number of nitrogens with one attached hydrogen (secondary N) is 1. The summed E-state index contributed by atoms with van der Waals surface area (Å²) >= 11 is 0. The molecule has 1 fully saturated rings. The van der Waals surface area contributed by atoms with Gasteiger partial charge in [-0.25, -0.2) is 4.98 Å². The molecule has 1 atom stereocenters. The van der Waals surface area contributed by atoms with E-state index in [0.29, 0.717) is 6.54 Å². The smallest absolute Gasteiger partial charge is 0.221 e. The summed E-state index contributed by atoms with van der Waals surface area (Å²) in [7, 11) is 0. The molecule has 1 aromatic carbocycles. The van der Waals surface area contributed by atoms with Crippen LogP contribution in [0, 0.1) is 12.8 Å². The number of primary amides is 1. The average Bonchev–Trinajstić information content (AvgIpc) is 2.61. The van der Waals surface area contributed by atoms with E-state index in [9.17, 15) is 4.79 Å². The maximum atomic E-state index is 11.4. The maximum Gasteiger partial charge on any atom is 0.221 e. The standard InChI is InChI=1S/C19H25N5O/c1-14-9-21-11-18(23-14)22-10-15-4-2-5-16(8-15)12-24-7-3-6-17(13-24)19(20)25/h2,4-5,8-9,11,17H,3,6-7,10,12-13H2,1H3,(H2,20,25)(H,22,23)/t17-/m0/s1. The number of carbonyl (C=O) groups is 1. The molecule has 0 aliphatic carbocycles. The summed E-state index contributed by atoms with van der Waals surface area (Å²) in [5, 5.41) is 3.31. The van der Waals surface area contributed by atoms with Crippen molar-refractivity contribution in [3.63, 3.8) is 0 Å². The van der Waals surface area contributed by atoms with Crippen LogP contribution in [-0.4, -0.2) is 33.9 Å². The number of likely N-dealkylation sites (tertiary alicyclic amines) is 1. The lowest BCUT2D eigenvalue weighted by molar-refractivity contribution is -0.123. The highest BCUT2D eigenvalue weighted by atomic mass is 16.1. The van der Waals surface area contributed by atoms with Crippen LogP contribution in [0.25, 0.3) is 0 Å². The van der Waals surface area contributed by atoms with Crippen molar-refractivity contribution in [1.82, 2.24) is 14.9 Å². The fourth-order valence-corrected chi connectivity index (χ4v) is 3.27. The molecule has 1 aliphatic rings. The highest BCUT2D eigenvalue weighted by Gasteiger charge is 2.23. The summed E-state index contributed by atoms with van der Waals surface area (Å²) in [5.74, 6) is 0.589. The zero-order valence-electron chi connectivity index (χ0n) is 14.6. The molecule has 1 aromatic heterocycles. The molecule has 0 unspecified atom stereocenters. The second-order valence-electron chi connectivity index (χ2n) is 6.70. The Labute approximate surface area is 148 Å². The van der Waals surface area contributed by atoms with Crippen LogP contribution in [0.3, 0.4) is 0 Å². The number of aryl methyl sites for hydroxylation is 1. The minimum Gasteiger partial charge on any atom is -0.369 e. The summed E-state index contributed by atoms with van der Waals surface area (Å²) in [6, 6.07) is 8.50. The van der Waals surface area contributed by atoms with Crippen molar-refractivity contribution in [1.29, 1.82) is 0 Å². The highest BCUT2D eigenvalue weighted by Crippen LogP contribution is 2.19. The van der Waals surface area contributed by atoms with Crippen LogP contribution < -0.4 is 11.1 Å². The first-order chi connectivity index (χ1) is 12.1. The molecule has 3 N–H and O–H groups in total. The van der Waals surface area contributed by atoms with Crippen LogP contribution in [0.2, 0.25) is 0 Å². The van der Waals surface area contributed by atoms with Gasteiger partial charge in [0.1, 0.15) is 5.82 Å². The van der Waals surface area contributed by atoms with Gasteiger partial charge < -0.3 is 11.1 Å². The molecule has 0 radical (unpaired) electrons. The van der Waals surface area contributed by atoms with Crippen LogP contribution in [0.15, 0.2) is 36.7 Å². The van der Waals surface area contributed by atoms with Crippen molar-refractivity contribution < 1.29 is 4.79 Å². The van der Waals surface area contributed by atoms with E-state index in [-0.39, 0.29) is 11.8 Å². The molecule has 2 aromatic rings. The van der Waals surface area contributed by atoms with Gasteiger partial charge in [0.05, 0.1) is 17.8 Å². The van der Waals surface area contributed by atoms with E-state index in [2.05, 4.69) is 44.5 Å². The van der Waals surface area contributed by atoms with Gasteiger partial charge in [0.2, 0.25) is 5.91 Å². The van der Waals surface area contributed by atoms with Gasteiger partial charge in [0.25, 0.3) is 0 Å². The largest absolute Gasteiger partial charge is 0.369 e. The minimum atomic E-state index is -0.179. The molecule has 1 aliphatic heterocycles. The van der Waals surface area contributed by atoms with Gasteiger partial charge in [-0.15, -0.1) is 0 Å². The van der Waals surface area contributed by atoms with E-state index in [1.807, 2.05) is 6.92 Å². The van der Waals surface area contributed by atoms with Crippen molar-refractivity contribution in [3.8, 4) is 0 Å². The van der Waals surface area contributed by atoms with Gasteiger partial charge in [-0.3, -0.25) is 14.7 Å². The van der Waals surface area contributed by atoms with E-state index >= 15 is 0 Å². The van der Waals surface area contributed by atoms with Gasteiger partial charge >= 0.3 is 0 Å². The highest BCUT2D eigenvalue weighted by molar-refractivity contribution is 5.76. The van der Waals surface area contributed by atoms with Crippen LogP contribution >= 0.6 is 0 Å². The Morgan fingerprint density at radius 3 is 3.00 bits per heavy atom. The van der Waals surface area contributed by atoms with Gasteiger partial charge in [-0.1, -0.05) is 24.3 Å². The molecule has 1 amide bonds. The van der Waals surface area contributed by atoms with Crippen molar-refractivity contribution in [3.05, 3.63) is 53.5 Å². The normalized spacial score (nSPS) is 18.0. The first kappa shape index (κ1) is 17.4. The Hall–Kier alpha value is -2.47. The number of benzene rings is 1. The summed E-state index contributed by atoms with van der Waals surface area (Å²) in [6.07, 6.45) is 5.41. The number of hydrogen-bond donors (Lipinski definition) is 2. The van der Waals surface area contributed by atoms with E-state index in [1.54, 1.807) is 12.4 Å². The molecule has 132 valence electrons. The maximum absolute atomic E-state index is 11.4. The van der Waals surface area contributed by atoms with Gasteiger partial charge in [-0.2, -0.15) is 0 Å². The van der Waals surface area contributed by atoms with Crippen molar-refractivity contribution in [2.24, 2.45) is 11.7 Å². The number of rotatable bonds is 6. The number of anilines is 1. The molecule has 1 saturated heterocycles. The SMILES string of the molecule is Cc1cncc(NCc2cccc(CN3CCC[C@H](C(N)=O)C3)c2)n1. The first-order valence-electron chi connectivity index (χ1n) is 8.72. The van der Waals surface area contributed by atoms with E-state index < -0.39 is 0 Å². The predicted octanol–water partition coefficient (Wildman–Crippen LogP) is 2.09. The summed E-state index contributed by atoms with van der Waals surface area (Å²) in [6.45, 7) is 5.26. The zero-order valence-corrected chi connectivity index (χ0v) is 14.6. The quantitative estimate of drug-likeness (QED) is 0.842. The molecule has 0 saturated carbocycles. The number of carbonyl (C=O) groups excluding carboxylic acids is 1. The number of piperidine rings is 1. The molecular weight excluding hydrogens is 314 g/mol. The minimum absolute atomic E-state index is 0.0153. The summed E-state index contributed by atoms with van der Waals surface area (Å²) < 4.78 is 0. The van der Waals surface area contributed by atoms with Crippen LogP contribution in [-0.2, 0) is 17.9 Å². The van der Waals surface area contributed by atoms with E-state index in [0.717, 1.165) is 44.0 Å². The number of amides is 1. The lowest BCUT2D eigenvalue weighted by Crippen LogP contribution is -2.40. The third-order valence-electron chi connectivity index (χ3n) is 4.53. The molecule has 25 heavy (non-hydrogen) atoms. The summed E-state index contributed by atoms with van der Waals surface area (Å²) in [5.41, 5.74) is 8.81. The molecule has 6 heteroatoms. The van der Waals surface area contributed by atoms with Crippen molar-refractivity contribution in [2.75, 3.05) is 18.4 Å². The molecule has 2 heterocycles. The predicted molar refractivity (Wildman–Crippen MR) is 97.7 cm³/mol. The van der Waals surface area contributed by atoms with Gasteiger partial charge in [0, 0.05) is 25.8 Å². The second-order valence-corrected chi connectivity index (χ2v) is 6.70.